The number of hydrogen-bond acceptors (Lipinski definition) is 3. The maximum absolute atomic E-state index is 5.64. The number of rotatable bonds is 6. The highest BCUT2D eigenvalue weighted by atomic mass is 16.5. The Balaban J connectivity index is 2.51. The molecule has 0 fully saturated rings. The third-order valence-electron chi connectivity index (χ3n) is 2.14. The van der Waals surface area contributed by atoms with E-state index < -0.39 is 0 Å². The van der Waals surface area contributed by atoms with Crippen molar-refractivity contribution in [3.05, 3.63) is 29.8 Å². The molecule has 15 heavy (non-hydrogen) atoms. The number of nitrogens with zero attached hydrogens (tertiary/aromatic N) is 1. The number of hydrazone groups is 1. The largest absolute Gasteiger partial charge is 0.493 e. The molecule has 1 rings (SSSR count). The van der Waals surface area contributed by atoms with E-state index in [-0.39, 0.29) is 0 Å². The Bertz CT molecular complexity index is 310. The fraction of sp³-hybridized carbons (Fsp3) is 0.417. The van der Waals surface area contributed by atoms with E-state index in [2.05, 4.69) is 12.0 Å². The Labute approximate surface area is 90.9 Å². The molecular weight excluding hydrogens is 188 g/mol. The van der Waals surface area contributed by atoms with Crippen molar-refractivity contribution in [3.63, 3.8) is 0 Å². The van der Waals surface area contributed by atoms with Crippen LogP contribution in [-0.4, -0.2) is 12.8 Å². The first-order valence-electron chi connectivity index (χ1n) is 5.33. The van der Waals surface area contributed by atoms with Crippen LogP contribution in [0.3, 0.4) is 0 Å². The summed E-state index contributed by atoms with van der Waals surface area (Å²) in [6.07, 6.45) is 5.10. The van der Waals surface area contributed by atoms with Gasteiger partial charge in [0, 0.05) is 5.56 Å². The highest BCUT2D eigenvalue weighted by Gasteiger charge is 1.99. The molecule has 0 aromatic heterocycles. The summed E-state index contributed by atoms with van der Waals surface area (Å²) in [5.41, 5.74) is 0.927. The van der Waals surface area contributed by atoms with Crippen LogP contribution in [-0.2, 0) is 0 Å². The van der Waals surface area contributed by atoms with Crippen molar-refractivity contribution in [3.8, 4) is 5.75 Å². The lowest BCUT2D eigenvalue weighted by Gasteiger charge is -2.07. The highest BCUT2D eigenvalue weighted by molar-refractivity contribution is 5.83. The zero-order valence-electron chi connectivity index (χ0n) is 9.15. The van der Waals surface area contributed by atoms with Gasteiger partial charge in [-0.3, -0.25) is 0 Å². The molecule has 3 heteroatoms. The average molecular weight is 206 g/mol. The third kappa shape index (κ3) is 4.02. The SMILES string of the molecule is CCCCCOc1ccccc1C=NN. The molecule has 0 atom stereocenters. The summed E-state index contributed by atoms with van der Waals surface area (Å²) in [7, 11) is 0. The van der Waals surface area contributed by atoms with E-state index in [9.17, 15) is 0 Å². The maximum Gasteiger partial charge on any atom is 0.128 e. The summed E-state index contributed by atoms with van der Waals surface area (Å²) < 4.78 is 5.64. The van der Waals surface area contributed by atoms with Gasteiger partial charge in [-0.1, -0.05) is 31.9 Å². The number of nitrogens with two attached hydrogens (primary N) is 1. The number of benzene rings is 1. The van der Waals surface area contributed by atoms with Crippen LogP contribution in [0.25, 0.3) is 0 Å². The summed E-state index contributed by atoms with van der Waals surface area (Å²) in [6, 6.07) is 7.76. The van der Waals surface area contributed by atoms with Crippen molar-refractivity contribution in [1.82, 2.24) is 0 Å². The molecule has 0 aliphatic heterocycles. The minimum atomic E-state index is 0.753. The Hall–Kier alpha value is -1.51. The van der Waals surface area contributed by atoms with Crippen LogP contribution in [0.5, 0.6) is 5.75 Å². The lowest BCUT2D eigenvalue weighted by atomic mass is 10.2. The van der Waals surface area contributed by atoms with Crippen LogP contribution in [0.2, 0.25) is 0 Å². The Kier molecular flexibility index (Phi) is 5.30. The molecule has 3 nitrogen and oxygen atoms in total. The van der Waals surface area contributed by atoms with Crippen LogP contribution in [0.15, 0.2) is 29.4 Å². The maximum atomic E-state index is 5.64. The van der Waals surface area contributed by atoms with Gasteiger partial charge in [-0.2, -0.15) is 5.10 Å². The molecule has 0 amide bonds. The predicted molar refractivity (Wildman–Crippen MR) is 63.2 cm³/mol. The molecule has 0 bridgehead atoms. The topological polar surface area (TPSA) is 47.6 Å². The average Bonchev–Trinajstić information content (AvgIpc) is 2.27. The molecule has 2 N–H and O–H groups in total. The van der Waals surface area contributed by atoms with E-state index in [1.165, 1.54) is 12.8 Å². The molecule has 82 valence electrons. The smallest absolute Gasteiger partial charge is 0.128 e. The number of hydrogen-bond donors (Lipinski definition) is 1. The number of ether oxygens (including phenoxy) is 1. The summed E-state index contributed by atoms with van der Waals surface area (Å²) in [5.74, 6) is 5.97. The second-order valence-electron chi connectivity index (χ2n) is 3.37. The summed E-state index contributed by atoms with van der Waals surface area (Å²) in [4.78, 5) is 0. The summed E-state index contributed by atoms with van der Waals surface area (Å²) >= 11 is 0. The van der Waals surface area contributed by atoms with E-state index in [0.29, 0.717) is 0 Å². The third-order valence-corrected chi connectivity index (χ3v) is 2.14. The summed E-state index contributed by atoms with van der Waals surface area (Å²) in [6.45, 7) is 2.93. The minimum Gasteiger partial charge on any atom is -0.493 e. The van der Waals surface area contributed by atoms with Gasteiger partial charge in [0.1, 0.15) is 5.75 Å². The molecule has 0 aliphatic rings. The van der Waals surface area contributed by atoms with Crippen molar-refractivity contribution in [1.29, 1.82) is 0 Å². The molecule has 0 saturated carbocycles. The van der Waals surface area contributed by atoms with Crippen LogP contribution in [0, 0.1) is 0 Å². The normalized spacial score (nSPS) is 10.7. The zero-order chi connectivity index (χ0) is 10.9. The van der Waals surface area contributed by atoms with Gasteiger partial charge in [0.05, 0.1) is 12.8 Å². The van der Waals surface area contributed by atoms with Gasteiger partial charge in [-0.15, -0.1) is 0 Å². The minimum absolute atomic E-state index is 0.753. The van der Waals surface area contributed by atoms with Gasteiger partial charge in [0.25, 0.3) is 0 Å². The van der Waals surface area contributed by atoms with Crippen LogP contribution >= 0.6 is 0 Å². The molecular formula is C12H18N2O. The standard InChI is InChI=1S/C12H18N2O/c1-2-3-6-9-15-12-8-5-4-7-11(12)10-14-13/h4-5,7-8,10H,2-3,6,9,13H2,1H3. The van der Waals surface area contributed by atoms with Gasteiger partial charge in [-0.05, 0) is 18.6 Å². The van der Waals surface area contributed by atoms with Crippen molar-refractivity contribution in [2.75, 3.05) is 6.61 Å². The molecule has 0 unspecified atom stereocenters. The Morgan fingerprint density at radius 1 is 1.33 bits per heavy atom. The van der Waals surface area contributed by atoms with E-state index in [0.717, 1.165) is 24.3 Å². The van der Waals surface area contributed by atoms with Crippen molar-refractivity contribution in [2.45, 2.75) is 26.2 Å². The fourth-order valence-electron chi connectivity index (χ4n) is 1.33. The second kappa shape index (κ2) is 6.87. The zero-order valence-corrected chi connectivity index (χ0v) is 9.15. The van der Waals surface area contributed by atoms with Crippen molar-refractivity contribution < 1.29 is 4.74 Å². The van der Waals surface area contributed by atoms with Gasteiger partial charge >= 0.3 is 0 Å². The van der Waals surface area contributed by atoms with E-state index in [4.69, 9.17) is 10.6 Å². The lowest BCUT2D eigenvalue weighted by molar-refractivity contribution is 0.306. The fourth-order valence-corrected chi connectivity index (χ4v) is 1.33. The van der Waals surface area contributed by atoms with Gasteiger partial charge < -0.3 is 10.6 Å². The van der Waals surface area contributed by atoms with Crippen LogP contribution in [0.4, 0.5) is 0 Å². The van der Waals surface area contributed by atoms with Crippen molar-refractivity contribution in [2.24, 2.45) is 10.9 Å². The molecule has 0 spiro atoms. The quantitative estimate of drug-likeness (QED) is 0.336. The van der Waals surface area contributed by atoms with Gasteiger partial charge in [0.2, 0.25) is 0 Å². The van der Waals surface area contributed by atoms with Crippen LogP contribution in [0.1, 0.15) is 31.7 Å². The molecule has 1 aromatic carbocycles. The van der Waals surface area contributed by atoms with Crippen molar-refractivity contribution >= 4 is 6.21 Å². The summed E-state index contributed by atoms with van der Waals surface area (Å²) in [5, 5.41) is 3.51. The van der Waals surface area contributed by atoms with E-state index in [1.54, 1.807) is 6.21 Å². The Morgan fingerprint density at radius 2 is 2.13 bits per heavy atom. The highest BCUT2D eigenvalue weighted by Crippen LogP contribution is 2.16. The Morgan fingerprint density at radius 3 is 2.87 bits per heavy atom. The number of unbranched alkanes of at least 4 members (excludes halogenated alkanes) is 2. The number of para-hydroxylation sites is 1. The molecule has 0 saturated heterocycles. The van der Waals surface area contributed by atoms with Crippen LogP contribution < -0.4 is 10.6 Å². The molecule has 0 aliphatic carbocycles. The first-order valence-corrected chi connectivity index (χ1v) is 5.33. The van der Waals surface area contributed by atoms with E-state index in [1.807, 2.05) is 24.3 Å². The predicted octanol–water partition coefficient (Wildman–Crippen LogP) is 2.55. The first kappa shape index (κ1) is 11.6. The second-order valence-corrected chi connectivity index (χ2v) is 3.37. The molecule has 0 radical (unpaired) electrons. The first-order chi connectivity index (χ1) is 7.38. The van der Waals surface area contributed by atoms with Gasteiger partial charge in [-0.25, -0.2) is 0 Å². The monoisotopic (exact) mass is 206 g/mol. The van der Waals surface area contributed by atoms with Gasteiger partial charge in [0.15, 0.2) is 0 Å². The van der Waals surface area contributed by atoms with E-state index >= 15 is 0 Å². The molecule has 1 aromatic rings. The molecule has 0 heterocycles. The lowest BCUT2D eigenvalue weighted by Crippen LogP contribution is -2.00.